The number of pyridine rings is 1. The second-order valence-corrected chi connectivity index (χ2v) is 12.3. The van der Waals surface area contributed by atoms with Gasteiger partial charge in [0.15, 0.2) is 0 Å². The lowest BCUT2D eigenvalue weighted by Gasteiger charge is -2.36. The zero-order valence-electron chi connectivity index (χ0n) is 22.8. The number of rotatable bonds is 7. The van der Waals surface area contributed by atoms with E-state index < -0.39 is 23.6 Å². The molecule has 38 heavy (non-hydrogen) atoms. The maximum atomic E-state index is 14.1. The van der Waals surface area contributed by atoms with Crippen LogP contribution in [0.15, 0.2) is 24.5 Å². The molecule has 0 spiro atoms. The second kappa shape index (κ2) is 10.7. The minimum Gasteiger partial charge on any atom is -0.391 e. The molecule has 206 valence electrons. The lowest BCUT2D eigenvalue weighted by Crippen LogP contribution is -2.51. The second-order valence-electron chi connectivity index (χ2n) is 12.3. The van der Waals surface area contributed by atoms with Crippen molar-refractivity contribution in [1.82, 2.24) is 30.2 Å². The molecule has 1 unspecified atom stereocenters. The van der Waals surface area contributed by atoms with Gasteiger partial charge >= 0.3 is 0 Å². The molecular formula is C28H40N6O4. The normalized spacial score (nSPS) is 24.3. The molecule has 4 heterocycles. The molecule has 5 rings (SSSR count). The Bertz CT molecular complexity index is 1150. The summed E-state index contributed by atoms with van der Waals surface area (Å²) in [4.78, 5) is 34.0. The number of carbonyl (C=O) groups is 2. The van der Waals surface area contributed by atoms with E-state index in [2.05, 4.69) is 20.6 Å². The van der Waals surface area contributed by atoms with E-state index in [9.17, 15) is 14.7 Å². The number of hydrogen-bond donors (Lipinski definition) is 2. The highest BCUT2D eigenvalue weighted by Crippen LogP contribution is 2.40. The molecule has 2 saturated heterocycles. The van der Waals surface area contributed by atoms with Crippen molar-refractivity contribution in [1.29, 1.82) is 0 Å². The highest BCUT2D eigenvalue weighted by Gasteiger charge is 2.46. The maximum absolute atomic E-state index is 14.1. The molecule has 3 fully saturated rings. The Morgan fingerprint density at radius 3 is 2.58 bits per heavy atom. The van der Waals surface area contributed by atoms with E-state index in [4.69, 9.17) is 4.74 Å². The first-order chi connectivity index (χ1) is 18.1. The van der Waals surface area contributed by atoms with Crippen LogP contribution in [0.4, 0.5) is 0 Å². The average molecular weight is 525 g/mol. The molecule has 2 aliphatic heterocycles. The zero-order chi connectivity index (χ0) is 27.0. The summed E-state index contributed by atoms with van der Waals surface area (Å²) in [6, 6.07) is 2.22. The van der Waals surface area contributed by atoms with Crippen molar-refractivity contribution < 1.29 is 19.4 Å². The number of aliphatic hydroxyl groups is 1. The number of ether oxygens (including phenoxy) is 1. The Morgan fingerprint density at radius 1 is 1.18 bits per heavy atom. The molecule has 0 aromatic carbocycles. The molecule has 2 N–H and O–H groups in total. The quantitative estimate of drug-likeness (QED) is 0.571. The summed E-state index contributed by atoms with van der Waals surface area (Å²) in [5, 5.41) is 22.5. The van der Waals surface area contributed by atoms with Gasteiger partial charge in [0.05, 0.1) is 23.5 Å². The van der Waals surface area contributed by atoms with Crippen LogP contribution in [0.2, 0.25) is 0 Å². The first-order valence-electron chi connectivity index (χ1n) is 13.8. The van der Waals surface area contributed by atoms with E-state index in [1.807, 2.05) is 46.0 Å². The Morgan fingerprint density at radius 2 is 1.92 bits per heavy atom. The molecular weight excluding hydrogens is 484 g/mol. The van der Waals surface area contributed by atoms with Gasteiger partial charge in [-0.3, -0.25) is 14.6 Å². The molecule has 4 atom stereocenters. The van der Waals surface area contributed by atoms with Crippen molar-refractivity contribution in [2.75, 3.05) is 19.8 Å². The monoisotopic (exact) mass is 524 g/mol. The van der Waals surface area contributed by atoms with Gasteiger partial charge in [-0.15, -0.1) is 5.10 Å². The van der Waals surface area contributed by atoms with Crippen LogP contribution in [-0.2, 0) is 14.3 Å². The van der Waals surface area contributed by atoms with E-state index in [-0.39, 0.29) is 36.7 Å². The molecule has 2 aromatic rings. The van der Waals surface area contributed by atoms with Crippen LogP contribution in [0.25, 0.3) is 0 Å². The molecule has 0 bridgehead atoms. The maximum Gasteiger partial charge on any atom is 0.248 e. The van der Waals surface area contributed by atoms with E-state index >= 15 is 0 Å². The summed E-state index contributed by atoms with van der Waals surface area (Å²) in [6.45, 7) is 9.36. The lowest BCUT2D eigenvalue weighted by molar-refractivity contribution is -0.144. The van der Waals surface area contributed by atoms with Crippen molar-refractivity contribution in [3.8, 4) is 0 Å². The van der Waals surface area contributed by atoms with Crippen molar-refractivity contribution in [2.45, 2.75) is 89.9 Å². The Balaban J connectivity index is 1.39. The van der Waals surface area contributed by atoms with E-state index in [0.29, 0.717) is 19.1 Å². The van der Waals surface area contributed by atoms with Crippen LogP contribution >= 0.6 is 0 Å². The number of β-amino-alcohol motifs (C(OH)–C–C–N with tert-alkyl or cyclic N) is 1. The molecule has 0 radical (unpaired) electrons. The van der Waals surface area contributed by atoms with Gasteiger partial charge in [-0.2, -0.15) is 0 Å². The third-order valence-electron chi connectivity index (χ3n) is 8.00. The van der Waals surface area contributed by atoms with E-state index in [1.54, 1.807) is 15.8 Å². The van der Waals surface area contributed by atoms with Gasteiger partial charge < -0.3 is 20.1 Å². The van der Waals surface area contributed by atoms with Crippen LogP contribution in [0.3, 0.4) is 0 Å². The largest absolute Gasteiger partial charge is 0.391 e. The highest BCUT2D eigenvalue weighted by atomic mass is 16.5. The third kappa shape index (κ3) is 5.76. The first-order valence-corrected chi connectivity index (χ1v) is 13.8. The fraction of sp³-hybridized carbons (Fsp3) is 0.679. The number of amides is 2. The highest BCUT2D eigenvalue weighted by molar-refractivity contribution is 5.90. The van der Waals surface area contributed by atoms with Crippen LogP contribution < -0.4 is 5.32 Å². The van der Waals surface area contributed by atoms with Crippen molar-refractivity contribution >= 4 is 11.8 Å². The van der Waals surface area contributed by atoms with Gasteiger partial charge in [-0.05, 0) is 61.6 Å². The van der Waals surface area contributed by atoms with Crippen molar-refractivity contribution in [2.24, 2.45) is 11.3 Å². The fourth-order valence-electron chi connectivity index (χ4n) is 5.79. The predicted molar refractivity (Wildman–Crippen MR) is 140 cm³/mol. The smallest absolute Gasteiger partial charge is 0.248 e. The molecule has 1 saturated carbocycles. The minimum atomic E-state index is -0.777. The lowest BCUT2D eigenvalue weighted by atomic mass is 9.85. The van der Waals surface area contributed by atoms with E-state index in [0.717, 1.165) is 42.6 Å². The first kappa shape index (κ1) is 26.7. The van der Waals surface area contributed by atoms with Crippen LogP contribution in [-0.4, -0.2) is 73.7 Å². The fourth-order valence-corrected chi connectivity index (χ4v) is 5.79. The molecule has 2 aromatic heterocycles. The number of aromatic nitrogens is 4. The number of aliphatic hydroxyl groups excluding tert-OH is 1. The standard InChI is InChI=1S/C28H40N6O4/c1-17-7-10-29-21(13-17)24(19-8-11-38-12-9-19)30-26(36)23-14-20(35)15-33(23)27(37)25(28(2,3)4)34-16-22(31-32-34)18-5-6-18/h7,10,13,16,18-20,23-25,35H,5-6,8-9,11-12,14-15H2,1-4H3,(H,30,36)/t20-,23+,24?,25-/m1/s1. The number of hydrogen-bond acceptors (Lipinski definition) is 7. The Hall–Kier alpha value is -2.85. The number of aryl methyl sites for hydroxylation is 1. The SMILES string of the molecule is Cc1ccnc(C(NC(=O)[C@@H]2C[C@@H](O)CN2C(=O)[C@@H](n2cc(C3CC3)nn2)C(C)(C)C)C2CCOCC2)c1. The summed E-state index contributed by atoms with van der Waals surface area (Å²) in [7, 11) is 0. The summed E-state index contributed by atoms with van der Waals surface area (Å²) in [5.41, 5.74) is 2.31. The summed E-state index contributed by atoms with van der Waals surface area (Å²) in [5.74, 6) is 0.108. The third-order valence-corrected chi connectivity index (χ3v) is 8.00. The number of nitrogens with one attached hydrogen (secondary N) is 1. The number of likely N-dealkylation sites (tertiary alicyclic amines) is 1. The molecule has 10 nitrogen and oxygen atoms in total. The Labute approximate surface area is 224 Å². The van der Waals surface area contributed by atoms with Gasteiger partial charge in [-0.25, -0.2) is 4.68 Å². The van der Waals surface area contributed by atoms with Gasteiger partial charge in [0.1, 0.15) is 12.1 Å². The van der Waals surface area contributed by atoms with Crippen molar-refractivity contribution in [3.63, 3.8) is 0 Å². The summed E-state index contributed by atoms with van der Waals surface area (Å²) in [6.07, 6.45) is 6.89. The minimum absolute atomic E-state index is 0.109. The number of nitrogens with zero attached hydrogens (tertiary/aromatic N) is 5. The van der Waals surface area contributed by atoms with Crippen LogP contribution in [0, 0.1) is 18.3 Å². The van der Waals surface area contributed by atoms with E-state index in [1.165, 1.54) is 0 Å². The summed E-state index contributed by atoms with van der Waals surface area (Å²) >= 11 is 0. The molecule has 10 heteroatoms. The topological polar surface area (TPSA) is 122 Å². The van der Waals surface area contributed by atoms with Gasteiger partial charge in [0, 0.05) is 44.5 Å². The molecule has 2 amide bonds. The van der Waals surface area contributed by atoms with Crippen LogP contribution in [0.1, 0.15) is 87.8 Å². The van der Waals surface area contributed by atoms with Gasteiger partial charge in [0.2, 0.25) is 11.8 Å². The van der Waals surface area contributed by atoms with Crippen LogP contribution in [0.5, 0.6) is 0 Å². The zero-order valence-corrected chi connectivity index (χ0v) is 22.8. The summed E-state index contributed by atoms with van der Waals surface area (Å²) < 4.78 is 7.21. The number of carbonyl (C=O) groups excluding carboxylic acids is 2. The van der Waals surface area contributed by atoms with Gasteiger partial charge in [-0.1, -0.05) is 26.0 Å². The van der Waals surface area contributed by atoms with Crippen molar-refractivity contribution in [3.05, 3.63) is 41.5 Å². The Kier molecular flexibility index (Phi) is 7.55. The van der Waals surface area contributed by atoms with Gasteiger partial charge in [0.25, 0.3) is 0 Å². The molecule has 1 aliphatic carbocycles. The predicted octanol–water partition coefficient (Wildman–Crippen LogP) is 2.69. The molecule has 3 aliphatic rings. The average Bonchev–Trinajstić information content (AvgIpc) is 3.48.